The van der Waals surface area contributed by atoms with Crippen LogP contribution in [0.15, 0.2) is 16.6 Å². The van der Waals surface area contributed by atoms with Crippen LogP contribution in [0, 0.1) is 5.82 Å². The molecule has 0 fully saturated rings. The zero-order chi connectivity index (χ0) is 14.4. The van der Waals surface area contributed by atoms with Crippen molar-refractivity contribution in [2.75, 3.05) is 6.54 Å². The number of ether oxygens (including phenoxy) is 1. The second-order valence-electron chi connectivity index (χ2n) is 4.55. The highest BCUT2D eigenvalue weighted by molar-refractivity contribution is 9.10. The molecule has 0 bridgehead atoms. The van der Waals surface area contributed by atoms with E-state index in [-0.39, 0.29) is 11.1 Å². The minimum Gasteiger partial charge on any atom is -0.488 e. The lowest BCUT2D eigenvalue weighted by Crippen LogP contribution is -2.36. The zero-order valence-electron chi connectivity index (χ0n) is 11.5. The summed E-state index contributed by atoms with van der Waals surface area (Å²) in [5.41, 5.74) is 0. The summed E-state index contributed by atoms with van der Waals surface area (Å²) >= 11 is 9.01. The fourth-order valence-electron chi connectivity index (χ4n) is 1.76. The summed E-state index contributed by atoms with van der Waals surface area (Å²) in [7, 11) is 0. The van der Waals surface area contributed by atoms with Crippen LogP contribution >= 0.6 is 27.5 Å². The molecule has 0 aliphatic rings. The van der Waals surface area contributed by atoms with Gasteiger partial charge in [0.05, 0.1) is 9.50 Å². The van der Waals surface area contributed by atoms with E-state index in [2.05, 4.69) is 35.1 Å². The summed E-state index contributed by atoms with van der Waals surface area (Å²) < 4.78 is 19.8. The largest absolute Gasteiger partial charge is 0.488 e. The quantitative estimate of drug-likeness (QED) is 0.713. The van der Waals surface area contributed by atoms with E-state index in [1.807, 2.05) is 6.92 Å². The Balaban J connectivity index is 2.57. The maximum absolute atomic E-state index is 13.4. The Labute approximate surface area is 127 Å². The average molecular weight is 353 g/mol. The molecule has 5 heteroatoms. The summed E-state index contributed by atoms with van der Waals surface area (Å²) in [5.74, 6) is 0.000709. The van der Waals surface area contributed by atoms with Gasteiger partial charge in [0.15, 0.2) is 0 Å². The zero-order valence-corrected chi connectivity index (χ0v) is 13.8. The van der Waals surface area contributed by atoms with E-state index in [9.17, 15) is 4.39 Å². The first-order chi connectivity index (χ1) is 8.97. The molecule has 1 atom stereocenters. The number of hydrogen-bond acceptors (Lipinski definition) is 2. The van der Waals surface area contributed by atoms with E-state index < -0.39 is 5.82 Å². The van der Waals surface area contributed by atoms with E-state index in [1.165, 1.54) is 12.1 Å². The van der Waals surface area contributed by atoms with E-state index in [0.717, 1.165) is 19.4 Å². The van der Waals surface area contributed by atoms with Crippen molar-refractivity contribution in [1.82, 2.24) is 5.32 Å². The molecule has 0 radical (unpaired) electrons. The van der Waals surface area contributed by atoms with Crippen molar-refractivity contribution in [3.63, 3.8) is 0 Å². The van der Waals surface area contributed by atoms with Gasteiger partial charge < -0.3 is 10.1 Å². The average Bonchev–Trinajstić information content (AvgIpc) is 2.37. The lowest BCUT2D eigenvalue weighted by molar-refractivity contribution is 0.208. The van der Waals surface area contributed by atoms with Crippen LogP contribution in [0.1, 0.15) is 33.6 Å². The number of benzene rings is 1. The molecule has 0 aliphatic carbocycles. The van der Waals surface area contributed by atoms with Crippen molar-refractivity contribution in [2.24, 2.45) is 0 Å². The minimum absolute atomic E-state index is 0.0440. The Morgan fingerprint density at radius 1 is 1.37 bits per heavy atom. The third-order valence-electron chi connectivity index (χ3n) is 2.98. The summed E-state index contributed by atoms with van der Waals surface area (Å²) in [6.45, 7) is 6.98. The maximum atomic E-state index is 13.4. The number of rotatable bonds is 7. The summed E-state index contributed by atoms with van der Waals surface area (Å²) in [6.07, 6.45) is 2.13. The van der Waals surface area contributed by atoms with Gasteiger partial charge in [-0.3, -0.25) is 0 Å². The van der Waals surface area contributed by atoms with Gasteiger partial charge in [-0.1, -0.05) is 25.4 Å². The van der Waals surface area contributed by atoms with Crippen molar-refractivity contribution >= 4 is 27.5 Å². The topological polar surface area (TPSA) is 21.3 Å². The first kappa shape index (κ1) is 16.7. The highest BCUT2D eigenvalue weighted by Crippen LogP contribution is 2.31. The minimum atomic E-state index is -0.472. The second-order valence-corrected chi connectivity index (χ2v) is 5.81. The molecule has 2 nitrogen and oxygen atoms in total. The van der Waals surface area contributed by atoms with Gasteiger partial charge in [-0.05, 0) is 41.8 Å². The molecule has 1 aromatic carbocycles. The molecule has 108 valence electrons. The van der Waals surface area contributed by atoms with Gasteiger partial charge in [0, 0.05) is 18.7 Å². The molecular weight excluding hydrogens is 333 g/mol. The molecule has 19 heavy (non-hydrogen) atoms. The summed E-state index contributed by atoms with van der Waals surface area (Å²) in [4.78, 5) is 0. The van der Waals surface area contributed by atoms with Gasteiger partial charge in [-0.25, -0.2) is 4.39 Å². The molecular formula is C14H20BrClFNO. The Bertz CT molecular complexity index is 413. The lowest BCUT2D eigenvalue weighted by atomic mass is 10.1. The molecule has 0 aliphatic heterocycles. The van der Waals surface area contributed by atoms with Gasteiger partial charge in [-0.15, -0.1) is 0 Å². The number of hydrogen-bond donors (Lipinski definition) is 1. The van der Waals surface area contributed by atoms with Gasteiger partial charge >= 0.3 is 0 Å². The van der Waals surface area contributed by atoms with E-state index >= 15 is 0 Å². The second kappa shape index (κ2) is 8.08. The molecule has 1 N–H and O–H groups in total. The Kier molecular flexibility index (Phi) is 7.11. The van der Waals surface area contributed by atoms with Crippen molar-refractivity contribution in [2.45, 2.75) is 45.8 Å². The maximum Gasteiger partial charge on any atom is 0.145 e. The van der Waals surface area contributed by atoms with Crippen LogP contribution in [0.4, 0.5) is 4.39 Å². The van der Waals surface area contributed by atoms with Crippen LogP contribution in [0.25, 0.3) is 0 Å². The van der Waals surface area contributed by atoms with Gasteiger partial charge in [0.25, 0.3) is 0 Å². The third-order valence-corrected chi connectivity index (χ3v) is 3.89. The fourth-order valence-corrected chi connectivity index (χ4v) is 2.50. The van der Waals surface area contributed by atoms with Crippen molar-refractivity contribution in [1.29, 1.82) is 0 Å². The van der Waals surface area contributed by atoms with Crippen LogP contribution < -0.4 is 10.1 Å². The Morgan fingerprint density at radius 3 is 2.58 bits per heavy atom. The standard InChI is InChI=1S/C14H20BrClFNO/c1-4-10(5-2)18-8-9(3)19-14-7-13(17)12(16)6-11(14)15/h6-7,9-10,18H,4-5,8H2,1-3H3. The summed E-state index contributed by atoms with van der Waals surface area (Å²) in [6, 6.07) is 3.31. The van der Waals surface area contributed by atoms with Crippen LogP contribution in [0.2, 0.25) is 5.02 Å². The van der Waals surface area contributed by atoms with Crippen molar-refractivity contribution in [3.8, 4) is 5.75 Å². The van der Waals surface area contributed by atoms with E-state index in [4.69, 9.17) is 16.3 Å². The molecule has 1 unspecified atom stereocenters. The Hall–Kier alpha value is -0.320. The Morgan fingerprint density at radius 2 is 2.00 bits per heavy atom. The van der Waals surface area contributed by atoms with Crippen LogP contribution in [0.5, 0.6) is 5.75 Å². The molecule has 0 amide bonds. The highest BCUT2D eigenvalue weighted by Gasteiger charge is 2.12. The predicted octanol–water partition coefficient (Wildman–Crippen LogP) is 4.79. The third kappa shape index (κ3) is 5.28. The highest BCUT2D eigenvalue weighted by atomic mass is 79.9. The summed E-state index contributed by atoms with van der Waals surface area (Å²) in [5, 5.41) is 3.51. The van der Waals surface area contributed by atoms with Crippen LogP contribution in [-0.2, 0) is 0 Å². The fraction of sp³-hybridized carbons (Fsp3) is 0.571. The molecule has 0 aromatic heterocycles. The van der Waals surface area contributed by atoms with E-state index in [1.54, 1.807) is 0 Å². The smallest absolute Gasteiger partial charge is 0.145 e. The SMILES string of the molecule is CCC(CC)NCC(C)Oc1cc(F)c(Cl)cc1Br. The van der Waals surface area contributed by atoms with E-state index in [0.29, 0.717) is 16.3 Å². The van der Waals surface area contributed by atoms with Gasteiger partial charge in [-0.2, -0.15) is 0 Å². The molecule has 0 heterocycles. The molecule has 1 rings (SSSR count). The first-order valence-electron chi connectivity index (χ1n) is 6.52. The monoisotopic (exact) mass is 351 g/mol. The number of halogens is 3. The van der Waals surface area contributed by atoms with Crippen molar-refractivity contribution in [3.05, 3.63) is 27.4 Å². The van der Waals surface area contributed by atoms with Crippen molar-refractivity contribution < 1.29 is 9.13 Å². The van der Waals surface area contributed by atoms with Gasteiger partial charge in [0.2, 0.25) is 0 Å². The molecule has 0 saturated carbocycles. The van der Waals surface area contributed by atoms with Crippen LogP contribution in [-0.4, -0.2) is 18.7 Å². The lowest BCUT2D eigenvalue weighted by Gasteiger charge is -2.20. The molecule has 1 aromatic rings. The number of nitrogens with one attached hydrogen (secondary N) is 1. The van der Waals surface area contributed by atoms with Gasteiger partial charge in [0.1, 0.15) is 17.7 Å². The predicted molar refractivity (Wildman–Crippen MR) is 81.6 cm³/mol. The normalized spacial score (nSPS) is 12.8. The molecule has 0 saturated heterocycles. The first-order valence-corrected chi connectivity index (χ1v) is 7.69. The molecule has 0 spiro atoms. The van der Waals surface area contributed by atoms with Crippen LogP contribution in [0.3, 0.4) is 0 Å².